The molecule has 0 heterocycles. The molecule has 4 nitrogen and oxygen atoms in total. The van der Waals surface area contributed by atoms with Crippen molar-refractivity contribution >= 4 is 11.6 Å². The van der Waals surface area contributed by atoms with Crippen molar-refractivity contribution in [3.05, 3.63) is 30.1 Å². The summed E-state index contributed by atoms with van der Waals surface area (Å²) < 4.78 is 12.8. The van der Waals surface area contributed by atoms with Crippen LogP contribution < -0.4 is 10.6 Å². The van der Waals surface area contributed by atoms with E-state index < -0.39 is 0 Å². The molecule has 0 bridgehead atoms. The second-order valence-corrected chi connectivity index (χ2v) is 4.26. The van der Waals surface area contributed by atoms with E-state index in [4.69, 9.17) is 5.11 Å². The molecule has 0 unspecified atom stereocenters. The Morgan fingerprint density at radius 1 is 1.47 bits per heavy atom. The first-order valence-corrected chi connectivity index (χ1v) is 5.60. The van der Waals surface area contributed by atoms with Crippen molar-refractivity contribution < 1.29 is 14.3 Å². The number of halogens is 1. The highest BCUT2D eigenvalue weighted by molar-refractivity contribution is 5.92. The van der Waals surface area contributed by atoms with Crippen molar-refractivity contribution in [2.45, 2.75) is 25.0 Å². The quantitative estimate of drug-likeness (QED) is 0.729. The summed E-state index contributed by atoms with van der Waals surface area (Å²) in [5.74, 6) is -0.588. The summed E-state index contributed by atoms with van der Waals surface area (Å²) in [6.07, 6.45) is 1.14. The molecule has 0 aliphatic heterocycles. The SMILES string of the molecule is O=C(CNC1CC(O)C1)Nc1cccc(F)c1. The Balaban J connectivity index is 1.73. The number of benzene rings is 1. The minimum absolute atomic E-state index is 0.175. The van der Waals surface area contributed by atoms with Gasteiger partial charge >= 0.3 is 0 Å². The maximum atomic E-state index is 12.8. The zero-order chi connectivity index (χ0) is 12.3. The molecule has 1 aromatic carbocycles. The van der Waals surface area contributed by atoms with Gasteiger partial charge in [0, 0.05) is 11.7 Å². The van der Waals surface area contributed by atoms with Crippen LogP contribution in [0, 0.1) is 5.82 Å². The highest BCUT2D eigenvalue weighted by atomic mass is 19.1. The van der Waals surface area contributed by atoms with Gasteiger partial charge in [-0.1, -0.05) is 6.07 Å². The van der Waals surface area contributed by atoms with E-state index in [1.807, 2.05) is 0 Å². The predicted molar refractivity (Wildman–Crippen MR) is 62.1 cm³/mol. The van der Waals surface area contributed by atoms with Gasteiger partial charge in [-0.2, -0.15) is 0 Å². The van der Waals surface area contributed by atoms with Crippen LogP contribution in [0.5, 0.6) is 0 Å². The first kappa shape index (κ1) is 12.0. The Kier molecular flexibility index (Phi) is 3.71. The molecule has 0 radical (unpaired) electrons. The standard InChI is InChI=1S/C12H15FN2O2/c13-8-2-1-3-9(4-8)15-12(17)7-14-10-5-11(16)6-10/h1-4,10-11,14,16H,5-7H2,(H,15,17). The van der Waals surface area contributed by atoms with Gasteiger partial charge in [0.1, 0.15) is 5.82 Å². The molecular weight excluding hydrogens is 223 g/mol. The average Bonchev–Trinajstić information content (AvgIpc) is 2.23. The van der Waals surface area contributed by atoms with Crippen LogP contribution in [0.1, 0.15) is 12.8 Å². The lowest BCUT2D eigenvalue weighted by molar-refractivity contribution is -0.115. The fourth-order valence-electron chi connectivity index (χ4n) is 1.76. The Morgan fingerprint density at radius 2 is 2.24 bits per heavy atom. The minimum atomic E-state index is -0.377. The molecule has 3 N–H and O–H groups in total. The van der Waals surface area contributed by atoms with Gasteiger partial charge in [-0.05, 0) is 31.0 Å². The van der Waals surface area contributed by atoms with E-state index in [1.54, 1.807) is 12.1 Å². The molecule has 0 atom stereocenters. The van der Waals surface area contributed by atoms with Gasteiger partial charge in [-0.3, -0.25) is 4.79 Å². The summed E-state index contributed by atoms with van der Waals surface area (Å²) in [7, 11) is 0. The number of hydrogen-bond donors (Lipinski definition) is 3. The summed E-state index contributed by atoms with van der Waals surface area (Å²) in [6.45, 7) is 0.175. The van der Waals surface area contributed by atoms with E-state index in [9.17, 15) is 9.18 Å². The van der Waals surface area contributed by atoms with Gasteiger partial charge in [0.25, 0.3) is 0 Å². The van der Waals surface area contributed by atoms with Crippen LogP contribution in [0.3, 0.4) is 0 Å². The van der Waals surface area contributed by atoms with Crippen LogP contribution >= 0.6 is 0 Å². The number of carbonyl (C=O) groups excluding carboxylic acids is 1. The third kappa shape index (κ3) is 3.51. The largest absolute Gasteiger partial charge is 0.393 e. The monoisotopic (exact) mass is 238 g/mol. The van der Waals surface area contributed by atoms with E-state index in [0.717, 1.165) is 0 Å². The minimum Gasteiger partial charge on any atom is -0.393 e. The number of aliphatic hydroxyl groups excluding tert-OH is 1. The van der Waals surface area contributed by atoms with Crippen LogP contribution in [0.4, 0.5) is 10.1 Å². The molecule has 1 aromatic rings. The molecule has 0 spiro atoms. The number of aliphatic hydroxyl groups is 1. The normalized spacial score (nSPS) is 22.9. The highest BCUT2D eigenvalue weighted by Crippen LogP contribution is 2.18. The zero-order valence-corrected chi connectivity index (χ0v) is 9.32. The number of hydrogen-bond acceptors (Lipinski definition) is 3. The third-order valence-corrected chi connectivity index (χ3v) is 2.77. The summed E-state index contributed by atoms with van der Waals surface area (Å²) >= 11 is 0. The Labute approximate surface area is 98.8 Å². The number of rotatable bonds is 4. The third-order valence-electron chi connectivity index (χ3n) is 2.77. The van der Waals surface area contributed by atoms with E-state index in [2.05, 4.69) is 10.6 Å². The highest BCUT2D eigenvalue weighted by Gasteiger charge is 2.26. The molecule has 1 saturated carbocycles. The molecule has 0 saturated heterocycles. The van der Waals surface area contributed by atoms with Gasteiger partial charge < -0.3 is 15.7 Å². The van der Waals surface area contributed by atoms with Crippen molar-refractivity contribution in [2.24, 2.45) is 0 Å². The van der Waals surface area contributed by atoms with E-state index >= 15 is 0 Å². The maximum absolute atomic E-state index is 12.8. The van der Waals surface area contributed by atoms with Crippen LogP contribution in [-0.2, 0) is 4.79 Å². The molecule has 17 heavy (non-hydrogen) atoms. The number of amides is 1. The maximum Gasteiger partial charge on any atom is 0.238 e. The summed E-state index contributed by atoms with van der Waals surface area (Å²) in [4.78, 5) is 11.5. The van der Waals surface area contributed by atoms with Crippen LogP contribution in [0.2, 0.25) is 0 Å². The van der Waals surface area contributed by atoms with Gasteiger partial charge in [0.15, 0.2) is 0 Å². The van der Waals surface area contributed by atoms with Crippen molar-refractivity contribution in [3.8, 4) is 0 Å². The molecule has 1 fully saturated rings. The molecular formula is C12H15FN2O2. The number of anilines is 1. The first-order chi connectivity index (χ1) is 8.13. The molecule has 92 valence electrons. The van der Waals surface area contributed by atoms with Gasteiger partial charge in [0.2, 0.25) is 5.91 Å². The van der Waals surface area contributed by atoms with E-state index in [0.29, 0.717) is 18.5 Å². The molecule has 1 aliphatic rings. The average molecular weight is 238 g/mol. The second kappa shape index (κ2) is 5.25. The molecule has 0 aromatic heterocycles. The number of carbonyl (C=O) groups is 1. The van der Waals surface area contributed by atoms with Gasteiger partial charge in [-0.15, -0.1) is 0 Å². The van der Waals surface area contributed by atoms with Gasteiger partial charge in [-0.25, -0.2) is 4.39 Å². The predicted octanol–water partition coefficient (Wildman–Crippen LogP) is 0.877. The van der Waals surface area contributed by atoms with E-state index in [-0.39, 0.29) is 30.4 Å². The van der Waals surface area contributed by atoms with Crippen LogP contribution in [-0.4, -0.2) is 29.7 Å². The Hall–Kier alpha value is -1.46. The zero-order valence-electron chi connectivity index (χ0n) is 9.32. The van der Waals surface area contributed by atoms with Crippen molar-refractivity contribution in [1.29, 1.82) is 0 Å². The Bertz CT molecular complexity index is 405. The summed E-state index contributed by atoms with van der Waals surface area (Å²) in [5, 5.41) is 14.7. The van der Waals surface area contributed by atoms with Crippen molar-refractivity contribution in [2.75, 3.05) is 11.9 Å². The first-order valence-electron chi connectivity index (χ1n) is 5.60. The van der Waals surface area contributed by atoms with Crippen LogP contribution in [0.25, 0.3) is 0 Å². The van der Waals surface area contributed by atoms with Crippen molar-refractivity contribution in [3.63, 3.8) is 0 Å². The fraction of sp³-hybridized carbons (Fsp3) is 0.417. The topological polar surface area (TPSA) is 61.4 Å². The Morgan fingerprint density at radius 3 is 2.88 bits per heavy atom. The molecule has 1 amide bonds. The number of nitrogens with one attached hydrogen (secondary N) is 2. The summed E-state index contributed by atoms with van der Waals surface area (Å²) in [6, 6.07) is 5.98. The van der Waals surface area contributed by atoms with Gasteiger partial charge in [0.05, 0.1) is 12.6 Å². The second-order valence-electron chi connectivity index (χ2n) is 4.26. The van der Waals surface area contributed by atoms with Crippen LogP contribution in [0.15, 0.2) is 24.3 Å². The lowest BCUT2D eigenvalue weighted by Gasteiger charge is -2.31. The lowest BCUT2D eigenvalue weighted by Crippen LogP contribution is -2.46. The molecule has 1 aliphatic carbocycles. The van der Waals surface area contributed by atoms with E-state index in [1.165, 1.54) is 12.1 Å². The van der Waals surface area contributed by atoms with Crippen molar-refractivity contribution in [1.82, 2.24) is 5.32 Å². The fourth-order valence-corrected chi connectivity index (χ4v) is 1.76. The molecule has 5 heteroatoms. The summed E-state index contributed by atoms with van der Waals surface area (Å²) in [5.41, 5.74) is 0.449. The molecule has 2 rings (SSSR count). The lowest BCUT2D eigenvalue weighted by atomic mass is 9.89. The smallest absolute Gasteiger partial charge is 0.238 e.